The summed E-state index contributed by atoms with van der Waals surface area (Å²) in [7, 11) is 0. The van der Waals surface area contributed by atoms with Crippen LogP contribution in [0.25, 0.3) is 99.5 Å². The van der Waals surface area contributed by atoms with Crippen LogP contribution in [0.1, 0.15) is 22.3 Å². The minimum Gasteiger partial charge on any atom is -0.307 e. The van der Waals surface area contributed by atoms with Crippen LogP contribution in [0.5, 0.6) is 0 Å². The van der Waals surface area contributed by atoms with Gasteiger partial charge in [0.05, 0.1) is 50.1 Å². The molecule has 2 aromatic heterocycles. The zero-order valence-electron chi connectivity index (χ0n) is 34.2. The molecule has 3 nitrogen and oxygen atoms in total. The molecule has 0 atom stereocenters. The highest BCUT2D eigenvalue weighted by molar-refractivity contribution is 6.15. The highest BCUT2D eigenvalue weighted by Gasteiger charge is 2.50. The SMILES string of the molecule is N#Cc1c(-n2c3ccc(-c4ccccc4)cc3c3ccc(-c4ccccc4)cc32)c(C(F)(F)F)cc2c1-n1c3ccc(-c4ccccc4)cc3c3ccc(-c4ccccc4)c(c31)C2(F)F. The molecule has 0 amide bonds. The van der Waals surface area contributed by atoms with E-state index in [2.05, 4.69) is 6.07 Å². The van der Waals surface area contributed by atoms with Gasteiger partial charge in [0.1, 0.15) is 11.6 Å². The van der Waals surface area contributed by atoms with Gasteiger partial charge in [0.25, 0.3) is 0 Å². The minimum atomic E-state index is -5.17. The van der Waals surface area contributed by atoms with E-state index in [1.807, 2.05) is 140 Å². The van der Waals surface area contributed by atoms with Crippen LogP contribution >= 0.6 is 0 Å². The van der Waals surface area contributed by atoms with E-state index in [1.54, 1.807) is 53.1 Å². The Morgan fingerprint density at radius 2 is 0.908 bits per heavy atom. The van der Waals surface area contributed by atoms with Crippen LogP contribution in [0.3, 0.4) is 0 Å². The monoisotopic (exact) mass is 853 g/mol. The normalized spacial score (nSPS) is 13.1. The number of alkyl halides is 5. The van der Waals surface area contributed by atoms with E-state index < -0.39 is 40.0 Å². The highest BCUT2D eigenvalue weighted by Crippen LogP contribution is 2.56. The van der Waals surface area contributed by atoms with Crippen LogP contribution in [0, 0.1) is 11.3 Å². The van der Waals surface area contributed by atoms with E-state index in [4.69, 9.17) is 0 Å². The summed E-state index contributed by atoms with van der Waals surface area (Å²) in [5.74, 6) is -3.98. The molecular weight excluding hydrogens is 822 g/mol. The Bertz CT molecular complexity index is 3770. The molecule has 0 aliphatic carbocycles. The maximum atomic E-state index is 18.1. The highest BCUT2D eigenvalue weighted by atomic mass is 19.4. The van der Waals surface area contributed by atoms with E-state index in [1.165, 1.54) is 4.57 Å². The molecule has 0 unspecified atom stereocenters. The van der Waals surface area contributed by atoms with Gasteiger partial charge in [-0.15, -0.1) is 0 Å². The first kappa shape index (κ1) is 38.4. The lowest BCUT2D eigenvalue weighted by molar-refractivity contribution is -0.137. The summed E-state index contributed by atoms with van der Waals surface area (Å²) in [6.07, 6.45) is -5.17. The molecule has 0 N–H and O–H groups in total. The van der Waals surface area contributed by atoms with Crippen molar-refractivity contribution in [2.75, 3.05) is 0 Å². The number of fused-ring (bicyclic) bond motifs is 8. The van der Waals surface area contributed by atoms with Crippen molar-refractivity contribution in [2.24, 2.45) is 0 Å². The van der Waals surface area contributed by atoms with Crippen molar-refractivity contribution in [1.82, 2.24) is 9.13 Å². The molecule has 0 bridgehead atoms. The summed E-state index contributed by atoms with van der Waals surface area (Å²) in [5.41, 5.74) is 3.10. The van der Waals surface area contributed by atoms with Gasteiger partial charge in [-0.1, -0.05) is 158 Å². The zero-order valence-corrected chi connectivity index (χ0v) is 34.2. The molecule has 11 aromatic rings. The molecule has 3 heterocycles. The fourth-order valence-electron chi connectivity index (χ4n) is 10.0. The van der Waals surface area contributed by atoms with Crippen LogP contribution in [-0.2, 0) is 12.1 Å². The average molecular weight is 854 g/mol. The van der Waals surface area contributed by atoms with Crippen LogP contribution in [0.15, 0.2) is 194 Å². The Balaban J connectivity index is 1.25. The molecule has 0 fully saturated rings. The molecule has 0 radical (unpaired) electrons. The second-order valence-electron chi connectivity index (χ2n) is 16.4. The lowest BCUT2D eigenvalue weighted by atomic mass is 9.84. The summed E-state index contributed by atoms with van der Waals surface area (Å²) in [5, 5.41) is 13.8. The third-order valence-electron chi connectivity index (χ3n) is 12.9. The van der Waals surface area contributed by atoms with Gasteiger partial charge in [0.2, 0.25) is 0 Å². The fourth-order valence-corrected chi connectivity index (χ4v) is 10.0. The molecular formula is C57H32F5N3. The Morgan fingerprint density at radius 3 is 1.45 bits per heavy atom. The van der Waals surface area contributed by atoms with Gasteiger partial charge in [-0.05, 0) is 80.9 Å². The molecule has 1 aliphatic heterocycles. The number of hydrogen-bond donors (Lipinski definition) is 0. The number of rotatable bonds is 5. The lowest BCUT2D eigenvalue weighted by Crippen LogP contribution is -2.28. The van der Waals surface area contributed by atoms with Crippen molar-refractivity contribution in [1.29, 1.82) is 5.26 Å². The Morgan fingerprint density at radius 1 is 0.431 bits per heavy atom. The quantitative estimate of drug-likeness (QED) is 0.159. The predicted octanol–water partition coefficient (Wildman–Crippen LogP) is 15.9. The second-order valence-corrected chi connectivity index (χ2v) is 16.4. The lowest BCUT2D eigenvalue weighted by Gasteiger charge is -2.32. The van der Waals surface area contributed by atoms with E-state index >= 15 is 22.0 Å². The van der Waals surface area contributed by atoms with Gasteiger partial charge in [-0.25, -0.2) is 0 Å². The number of nitrogens with zero attached hydrogens (tertiary/aromatic N) is 3. The molecule has 1 aliphatic rings. The van der Waals surface area contributed by atoms with Crippen LogP contribution < -0.4 is 0 Å². The number of nitriles is 1. The largest absolute Gasteiger partial charge is 0.418 e. The Labute approximate surface area is 369 Å². The first-order valence-electron chi connectivity index (χ1n) is 21.1. The van der Waals surface area contributed by atoms with E-state index in [-0.39, 0.29) is 16.8 Å². The molecule has 12 rings (SSSR count). The summed E-state index contributed by atoms with van der Waals surface area (Å²) < 4.78 is 87.5. The minimum absolute atomic E-state index is 0.132. The van der Waals surface area contributed by atoms with Crippen molar-refractivity contribution in [3.05, 3.63) is 216 Å². The van der Waals surface area contributed by atoms with Gasteiger partial charge >= 0.3 is 12.1 Å². The van der Waals surface area contributed by atoms with Crippen molar-refractivity contribution >= 4 is 43.6 Å². The Kier molecular flexibility index (Phi) is 8.34. The summed E-state index contributed by atoms with van der Waals surface area (Å²) in [4.78, 5) is 0. The van der Waals surface area contributed by atoms with Gasteiger partial charge in [0.15, 0.2) is 0 Å². The van der Waals surface area contributed by atoms with Gasteiger partial charge < -0.3 is 9.13 Å². The van der Waals surface area contributed by atoms with Gasteiger partial charge in [0, 0.05) is 21.5 Å². The van der Waals surface area contributed by atoms with Crippen LogP contribution in [-0.4, -0.2) is 9.13 Å². The van der Waals surface area contributed by atoms with E-state index in [0.717, 1.165) is 33.4 Å². The standard InChI is InChI=1S/C57H32F5N3/c58-56(59)47-32-48(57(60,61)62)54(64-49-27-22-38(34-13-5-1-6-14-34)29-44(49)42-24-21-40(31-51(42)64)36-17-9-3-10-18-36)46(33-63)53(47)65-50-28-23-39(35-15-7-2-8-16-35)30-45(50)43-26-25-41(52(56)55(43)65)37-19-11-4-12-20-37/h1-32H. The van der Waals surface area contributed by atoms with Crippen molar-refractivity contribution in [3.63, 3.8) is 0 Å². The molecule has 0 saturated heterocycles. The summed E-state index contributed by atoms with van der Waals surface area (Å²) in [6, 6.07) is 60.3. The van der Waals surface area contributed by atoms with Crippen LogP contribution in [0.4, 0.5) is 22.0 Å². The predicted molar refractivity (Wildman–Crippen MR) is 250 cm³/mol. The van der Waals surface area contributed by atoms with E-state index in [9.17, 15) is 5.26 Å². The average Bonchev–Trinajstić information content (AvgIpc) is 3.84. The van der Waals surface area contributed by atoms with Crippen molar-refractivity contribution in [3.8, 4) is 62.0 Å². The summed E-state index contributed by atoms with van der Waals surface area (Å²) >= 11 is 0. The maximum Gasteiger partial charge on any atom is 0.418 e. The summed E-state index contributed by atoms with van der Waals surface area (Å²) in [6.45, 7) is 0. The van der Waals surface area contributed by atoms with Gasteiger partial charge in [-0.2, -0.15) is 27.2 Å². The number of aromatic nitrogens is 2. The molecule has 0 saturated carbocycles. The molecule has 310 valence electrons. The molecule has 8 heteroatoms. The van der Waals surface area contributed by atoms with Crippen LogP contribution in [0.2, 0.25) is 0 Å². The number of hydrogen-bond acceptors (Lipinski definition) is 1. The topological polar surface area (TPSA) is 33.6 Å². The molecule has 9 aromatic carbocycles. The van der Waals surface area contributed by atoms with E-state index in [0.29, 0.717) is 49.7 Å². The smallest absolute Gasteiger partial charge is 0.307 e. The number of halogens is 5. The van der Waals surface area contributed by atoms with Crippen molar-refractivity contribution < 1.29 is 22.0 Å². The zero-order chi connectivity index (χ0) is 44.2. The number of benzene rings is 9. The molecule has 65 heavy (non-hydrogen) atoms. The molecule has 0 spiro atoms. The Hall–Kier alpha value is -8.28. The van der Waals surface area contributed by atoms with Gasteiger partial charge in [-0.3, -0.25) is 0 Å². The maximum absolute atomic E-state index is 18.1. The van der Waals surface area contributed by atoms with Crippen molar-refractivity contribution in [2.45, 2.75) is 12.1 Å². The second kappa shape index (κ2) is 14.1. The first-order valence-corrected chi connectivity index (χ1v) is 21.1. The fraction of sp³-hybridized carbons (Fsp3) is 0.0351. The first-order chi connectivity index (χ1) is 31.6. The third kappa shape index (κ3) is 5.72. The third-order valence-corrected chi connectivity index (χ3v) is 12.9.